The third-order valence-electron chi connectivity index (χ3n) is 12.1. The maximum absolute atomic E-state index is 2.84. The lowest BCUT2D eigenvalue weighted by Crippen LogP contribution is -2.74. The van der Waals surface area contributed by atoms with Gasteiger partial charge in [0.2, 0.25) is 0 Å². The van der Waals surface area contributed by atoms with Crippen LogP contribution >= 0.6 is 0 Å². The van der Waals surface area contributed by atoms with Crippen LogP contribution in [-0.2, 0) is 0 Å². The van der Waals surface area contributed by atoms with E-state index in [-0.39, 0.29) is 0 Å². The minimum Gasteiger partial charge on any atom is -0.0623 e. The number of hydrogen-bond acceptors (Lipinski definition) is 0. The molecule has 0 unspecified atom stereocenters. The Balaban J connectivity index is 1.17. The molecule has 0 saturated heterocycles. The molecular weight excluding hydrogens is 701 g/mol. The summed E-state index contributed by atoms with van der Waals surface area (Å²) >= 11 is 0. The van der Waals surface area contributed by atoms with Crippen LogP contribution in [0.25, 0.3) is 76.1 Å². The summed E-state index contributed by atoms with van der Waals surface area (Å²) in [6, 6.07) is 86.4. The first-order valence-electron chi connectivity index (χ1n) is 19.8. The highest BCUT2D eigenvalue weighted by atomic mass is 28.3. The highest BCUT2D eigenvalue weighted by Crippen LogP contribution is 2.44. The van der Waals surface area contributed by atoms with Gasteiger partial charge in [-0.05, 0) is 103 Å². The second-order valence-electron chi connectivity index (χ2n) is 15.2. The van der Waals surface area contributed by atoms with Crippen molar-refractivity contribution in [3.05, 3.63) is 231 Å². The molecule has 11 rings (SSSR count). The molecular formula is C56H38Si. The molecule has 0 spiro atoms. The third-order valence-corrected chi connectivity index (χ3v) is 16.9. The second kappa shape index (κ2) is 13.6. The van der Waals surface area contributed by atoms with Crippen molar-refractivity contribution in [3.63, 3.8) is 0 Å². The van der Waals surface area contributed by atoms with Gasteiger partial charge in [0.25, 0.3) is 0 Å². The van der Waals surface area contributed by atoms with E-state index in [0.717, 1.165) is 0 Å². The molecule has 11 aromatic rings. The van der Waals surface area contributed by atoms with E-state index in [1.807, 2.05) is 0 Å². The van der Waals surface area contributed by atoms with Crippen molar-refractivity contribution in [2.45, 2.75) is 0 Å². The fraction of sp³-hybridized carbons (Fsp3) is 0. The number of fused-ring (bicyclic) bond motifs is 5. The highest BCUT2D eigenvalue weighted by molar-refractivity contribution is 7.20. The average Bonchev–Trinajstić information content (AvgIpc) is 3.29. The van der Waals surface area contributed by atoms with Gasteiger partial charge in [-0.3, -0.25) is 0 Å². The predicted octanol–water partition coefficient (Wildman–Crippen LogP) is 12.2. The molecule has 266 valence electrons. The van der Waals surface area contributed by atoms with Crippen molar-refractivity contribution in [1.82, 2.24) is 0 Å². The van der Waals surface area contributed by atoms with Crippen molar-refractivity contribution in [2.75, 3.05) is 0 Å². The van der Waals surface area contributed by atoms with Gasteiger partial charge in [0.15, 0.2) is 8.07 Å². The standard InChI is InChI=1S/C56H38Si/c1-2-20-47(21-3-1)57(49-34-28-40-15-5-8-18-44(40)37-49,50-35-29-41-16-6-9-19-45(41)38-50)48-32-30-42(31-33-48)55-51-22-10-12-24-53(51)56(54-25-13-11-23-52(54)55)46-27-26-39-14-4-7-17-43(39)36-46/h1-38H. The minimum absolute atomic E-state index is 1.23. The van der Waals surface area contributed by atoms with Crippen molar-refractivity contribution in [1.29, 1.82) is 0 Å². The first-order chi connectivity index (χ1) is 28.3. The van der Waals surface area contributed by atoms with Crippen LogP contribution in [0.1, 0.15) is 0 Å². The number of rotatable bonds is 6. The van der Waals surface area contributed by atoms with Gasteiger partial charge in [-0.25, -0.2) is 0 Å². The summed E-state index contributed by atoms with van der Waals surface area (Å²) in [4.78, 5) is 0. The predicted molar refractivity (Wildman–Crippen MR) is 248 cm³/mol. The first-order valence-corrected chi connectivity index (χ1v) is 21.8. The summed E-state index contributed by atoms with van der Waals surface area (Å²) in [6.07, 6.45) is 0. The summed E-state index contributed by atoms with van der Waals surface area (Å²) in [5.41, 5.74) is 5.03. The van der Waals surface area contributed by atoms with Crippen LogP contribution in [0.2, 0.25) is 0 Å². The van der Waals surface area contributed by atoms with Crippen LogP contribution in [0.4, 0.5) is 0 Å². The summed E-state index contributed by atoms with van der Waals surface area (Å²) in [7, 11) is -2.84. The third kappa shape index (κ3) is 5.43. The Kier molecular flexibility index (Phi) is 7.94. The fourth-order valence-electron chi connectivity index (χ4n) is 9.52. The largest absolute Gasteiger partial charge is 0.179 e. The maximum atomic E-state index is 2.46. The molecule has 0 heterocycles. The zero-order chi connectivity index (χ0) is 37.8. The molecule has 0 aliphatic carbocycles. The molecule has 11 aromatic carbocycles. The van der Waals surface area contributed by atoms with Crippen LogP contribution in [0.5, 0.6) is 0 Å². The van der Waals surface area contributed by atoms with Gasteiger partial charge in [0.1, 0.15) is 0 Å². The van der Waals surface area contributed by atoms with Crippen LogP contribution < -0.4 is 20.7 Å². The lowest BCUT2D eigenvalue weighted by atomic mass is 9.85. The maximum Gasteiger partial charge on any atom is 0.179 e. The van der Waals surface area contributed by atoms with E-state index in [1.54, 1.807) is 0 Å². The molecule has 0 fully saturated rings. The molecule has 57 heavy (non-hydrogen) atoms. The van der Waals surface area contributed by atoms with Crippen LogP contribution in [0.15, 0.2) is 231 Å². The van der Waals surface area contributed by atoms with Crippen LogP contribution in [0, 0.1) is 0 Å². The zero-order valence-electron chi connectivity index (χ0n) is 31.4. The van der Waals surface area contributed by atoms with E-state index in [4.69, 9.17) is 0 Å². The van der Waals surface area contributed by atoms with E-state index in [2.05, 4.69) is 231 Å². The average molecular weight is 739 g/mol. The SMILES string of the molecule is c1ccc([Si](c2ccc(-c3c4ccccc4c(-c4ccc5ccccc5c4)c4ccccc34)cc2)(c2ccc3ccccc3c2)c2ccc3ccccc3c2)cc1. The number of hydrogen-bond donors (Lipinski definition) is 0. The molecule has 1 heteroatoms. The molecule has 0 aromatic heterocycles. The van der Waals surface area contributed by atoms with Gasteiger partial charge >= 0.3 is 0 Å². The highest BCUT2D eigenvalue weighted by Gasteiger charge is 2.41. The Hall–Kier alpha value is -7.06. The Morgan fingerprint density at radius 1 is 0.211 bits per heavy atom. The summed E-state index contributed by atoms with van der Waals surface area (Å²) < 4.78 is 0. The van der Waals surface area contributed by atoms with Crippen molar-refractivity contribution in [3.8, 4) is 22.3 Å². The topological polar surface area (TPSA) is 0 Å². The smallest absolute Gasteiger partial charge is 0.0623 e. The fourth-order valence-corrected chi connectivity index (χ4v) is 14.3. The molecule has 0 atom stereocenters. The van der Waals surface area contributed by atoms with E-state index >= 15 is 0 Å². The van der Waals surface area contributed by atoms with E-state index in [9.17, 15) is 0 Å². The molecule has 0 N–H and O–H groups in total. The second-order valence-corrected chi connectivity index (χ2v) is 19.0. The van der Waals surface area contributed by atoms with Gasteiger partial charge in [0.05, 0.1) is 0 Å². The van der Waals surface area contributed by atoms with Gasteiger partial charge in [-0.2, -0.15) is 0 Å². The number of benzene rings is 11. The lowest BCUT2D eigenvalue weighted by molar-refractivity contribution is 1.66. The lowest BCUT2D eigenvalue weighted by Gasteiger charge is -2.35. The van der Waals surface area contributed by atoms with Gasteiger partial charge in [-0.1, -0.05) is 224 Å². The summed E-state index contributed by atoms with van der Waals surface area (Å²) in [6.45, 7) is 0. The van der Waals surface area contributed by atoms with Gasteiger partial charge < -0.3 is 0 Å². The van der Waals surface area contributed by atoms with Crippen molar-refractivity contribution < 1.29 is 0 Å². The Morgan fingerprint density at radius 3 is 1.04 bits per heavy atom. The van der Waals surface area contributed by atoms with Crippen LogP contribution in [-0.4, -0.2) is 8.07 Å². The molecule has 0 nitrogen and oxygen atoms in total. The molecule has 0 aliphatic heterocycles. The van der Waals surface area contributed by atoms with E-state index < -0.39 is 8.07 Å². The quantitative estimate of drug-likeness (QED) is 0.0905. The van der Waals surface area contributed by atoms with Gasteiger partial charge in [0, 0.05) is 0 Å². The monoisotopic (exact) mass is 738 g/mol. The Bertz CT molecular complexity index is 3150. The Labute approximate surface area is 334 Å². The van der Waals surface area contributed by atoms with Crippen LogP contribution in [0.3, 0.4) is 0 Å². The van der Waals surface area contributed by atoms with E-state index in [1.165, 1.54) is 96.9 Å². The van der Waals surface area contributed by atoms with Crippen molar-refractivity contribution in [2.24, 2.45) is 0 Å². The zero-order valence-corrected chi connectivity index (χ0v) is 32.4. The summed E-state index contributed by atoms with van der Waals surface area (Å²) in [5, 5.41) is 18.1. The molecule has 0 radical (unpaired) electrons. The normalized spacial score (nSPS) is 11.9. The molecule has 0 amide bonds. The summed E-state index contributed by atoms with van der Waals surface area (Å²) in [5.74, 6) is 0. The van der Waals surface area contributed by atoms with E-state index in [0.29, 0.717) is 0 Å². The Morgan fingerprint density at radius 2 is 0.544 bits per heavy atom. The first kappa shape index (κ1) is 33.3. The minimum atomic E-state index is -2.84. The molecule has 0 bridgehead atoms. The molecule has 0 aliphatic rings. The molecule has 0 saturated carbocycles. The van der Waals surface area contributed by atoms with Gasteiger partial charge in [-0.15, -0.1) is 0 Å². The van der Waals surface area contributed by atoms with Crippen molar-refractivity contribution >= 4 is 82.7 Å².